The fraction of sp³-hybridized carbons (Fsp3) is 0.300. The zero-order chi connectivity index (χ0) is 12.8. The van der Waals surface area contributed by atoms with Gasteiger partial charge in [-0.2, -0.15) is 0 Å². The van der Waals surface area contributed by atoms with Crippen molar-refractivity contribution in [1.82, 2.24) is 10.3 Å². The van der Waals surface area contributed by atoms with E-state index in [0.717, 1.165) is 6.42 Å². The molecule has 1 rings (SSSR count). The Morgan fingerprint density at radius 3 is 2.94 bits per heavy atom. The lowest BCUT2D eigenvalue weighted by Gasteiger charge is -2.08. The maximum atomic E-state index is 11.4. The Kier molecular flexibility index (Phi) is 5.30. The number of nitrogens with zero attached hydrogens (tertiary/aromatic N) is 1. The average Bonchev–Trinajstić information content (AvgIpc) is 2.28. The number of halogens is 1. The summed E-state index contributed by atoms with van der Waals surface area (Å²) in [6.45, 7) is 2.59. The molecule has 0 saturated carbocycles. The molecular formula is C10H13BrN4OS. The third-order valence-corrected chi connectivity index (χ3v) is 2.75. The first-order chi connectivity index (χ1) is 8.04. The van der Waals surface area contributed by atoms with Gasteiger partial charge in [0.1, 0.15) is 10.8 Å². The van der Waals surface area contributed by atoms with Gasteiger partial charge in [-0.15, -0.1) is 0 Å². The highest BCUT2D eigenvalue weighted by atomic mass is 79.9. The molecule has 0 radical (unpaired) electrons. The second-order valence-corrected chi connectivity index (χ2v) is 4.59. The summed E-state index contributed by atoms with van der Waals surface area (Å²) in [5.74, 6) is 0.407. The van der Waals surface area contributed by atoms with Crippen LogP contribution >= 0.6 is 28.1 Å². The molecule has 0 aliphatic heterocycles. The largest absolute Gasteiger partial charge is 0.389 e. The van der Waals surface area contributed by atoms with Crippen molar-refractivity contribution < 1.29 is 4.79 Å². The average molecular weight is 317 g/mol. The number of anilines is 1. The van der Waals surface area contributed by atoms with E-state index in [1.807, 2.05) is 6.92 Å². The van der Waals surface area contributed by atoms with Crippen molar-refractivity contribution in [2.45, 2.75) is 13.3 Å². The Balaban J connectivity index is 2.75. The third-order valence-electron chi connectivity index (χ3n) is 1.90. The number of carbonyl (C=O) groups is 1. The van der Waals surface area contributed by atoms with Gasteiger partial charge in [-0.25, -0.2) is 9.78 Å². The van der Waals surface area contributed by atoms with E-state index in [2.05, 4.69) is 31.5 Å². The van der Waals surface area contributed by atoms with Gasteiger partial charge in [0, 0.05) is 22.8 Å². The smallest absolute Gasteiger partial charge is 0.320 e. The van der Waals surface area contributed by atoms with Crippen molar-refractivity contribution in [2.24, 2.45) is 5.73 Å². The molecule has 1 aromatic rings. The van der Waals surface area contributed by atoms with E-state index < -0.39 is 0 Å². The van der Waals surface area contributed by atoms with Gasteiger partial charge >= 0.3 is 6.03 Å². The van der Waals surface area contributed by atoms with Crippen molar-refractivity contribution in [3.05, 3.63) is 22.3 Å². The molecule has 0 unspecified atom stereocenters. The maximum Gasteiger partial charge on any atom is 0.320 e. The van der Waals surface area contributed by atoms with Crippen molar-refractivity contribution in [3.63, 3.8) is 0 Å². The van der Waals surface area contributed by atoms with E-state index in [1.54, 1.807) is 12.3 Å². The van der Waals surface area contributed by atoms with Crippen LogP contribution < -0.4 is 16.4 Å². The van der Waals surface area contributed by atoms with Crippen LogP contribution in [0, 0.1) is 0 Å². The minimum atomic E-state index is -0.296. The van der Waals surface area contributed by atoms with Gasteiger partial charge < -0.3 is 11.1 Å². The number of nitrogens with two attached hydrogens (primary N) is 1. The quantitative estimate of drug-likeness (QED) is 0.742. The number of rotatable bonds is 4. The Morgan fingerprint density at radius 1 is 1.65 bits per heavy atom. The molecule has 2 amide bonds. The van der Waals surface area contributed by atoms with Crippen molar-refractivity contribution in [3.8, 4) is 0 Å². The number of urea groups is 1. The monoisotopic (exact) mass is 316 g/mol. The lowest BCUT2D eigenvalue weighted by atomic mass is 10.2. The molecule has 1 heterocycles. The van der Waals surface area contributed by atoms with Crippen LogP contribution in [-0.4, -0.2) is 22.5 Å². The first-order valence-electron chi connectivity index (χ1n) is 5.04. The highest BCUT2D eigenvalue weighted by molar-refractivity contribution is 9.10. The fourth-order valence-corrected chi connectivity index (χ4v) is 1.83. The van der Waals surface area contributed by atoms with Crippen LogP contribution in [0.15, 0.2) is 16.7 Å². The summed E-state index contributed by atoms with van der Waals surface area (Å²) in [6, 6.07) is 1.33. The normalized spacial score (nSPS) is 9.76. The lowest BCUT2D eigenvalue weighted by Crippen LogP contribution is -2.29. The van der Waals surface area contributed by atoms with Crippen LogP contribution in [0.2, 0.25) is 0 Å². The summed E-state index contributed by atoms with van der Waals surface area (Å²) in [7, 11) is 0. The lowest BCUT2D eigenvalue weighted by molar-refractivity contribution is 0.252. The molecular weight excluding hydrogens is 304 g/mol. The van der Waals surface area contributed by atoms with Gasteiger partial charge in [-0.05, 0) is 28.4 Å². The molecule has 17 heavy (non-hydrogen) atoms. The molecule has 5 nitrogen and oxygen atoms in total. The fourth-order valence-electron chi connectivity index (χ4n) is 1.09. The van der Waals surface area contributed by atoms with Gasteiger partial charge in [0.25, 0.3) is 0 Å². The number of nitrogens with one attached hydrogen (secondary N) is 2. The summed E-state index contributed by atoms with van der Waals surface area (Å²) in [4.78, 5) is 15.7. The van der Waals surface area contributed by atoms with Crippen LogP contribution in [0.1, 0.15) is 18.9 Å². The minimum Gasteiger partial charge on any atom is -0.389 e. The topological polar surface area (TPSA) is 80.0 Å². The van der Waals surface area contributed by atoms with E-state index >= 15 is 0 Å². The number of thiocarbonyl (C=S) groups is 1. The van der Waals surface area contributed by atoms with Crippen molar-refractivity contribution in [2.75, 3.05) is 11.9 Å². The van der Waals surface area contributed by atoms with E-state index in [1.165, 1.54) is 0 Å². The first-order valence-corrected chi connectivity index (χ1v) is 6.25. The summed E-state index contributed by atoms with van der Waals surface area (Å²) in [6.07, 6.45) is 2.42. The van der Waals surface area contributed by atoms with Crippen LogP contribution in [0.5, 0.6) is 0 Å². The second kappa shape index (κ2) is 6.51. The minimum absolute atomic E-state index is 0.247. The van der Waals surface area contributed by atoms with Crippen molar-refractivity contribution >= 4 is 45.0 Å². The zero-order valence-corrected chi connectivity index (χ0v) is 11.7. The molecule has 0 fully saturated rings. The highest BCUT2D eigenvalue weighted by Gasteiger charge is 2.07. The van der Waals surface area contributed by atoms with E-state index in [0.29, 0.717) is 22.4 Å². The Morgan fingerprint density at radius 2 is 2.35 bits per heavy atom. The molecule has 0 spiro atoms. The molecule has 0 aliphatic carbocycles. The summed E-state index contributed by atoms with van der Waals surface area (Å²) in [5, 5.41) is 5.28. The predicted molar refractivity (Wildman–Crippen MR) is 75.1 cm³/mol. The molecule has 0 saturated heterocycles. The SMILES string of the molecule is CCCNC(=O)Nc1cc(C(N)=S)c(Br)cn1. The van der Waals surface area contributed by atoms with E-state index in [4.69, 9.17) is 18.0 Å². The van der Waals surface area contributed by atoms with Gasteiger partial charge in [-0.3, -0.25) is 5.32 Å². The summed E-state index contributed by atoms with van der Waals surface area (Å²) < 4.78 is 0.699. The molecule has 0 aliphatic rings. The van der Waals surface area contributed by atoms with Gasteiger partial charge in [0.2, 0.25) is 0 Å². The molecule has 0 aromatic carbocycles. The van der Waals surface area contributed by atoms with Crippen LogP contribution in [0.4, 0.5) is 10.6 Å². The second-order valence-electron chi connectivity index (χ2n) is 3.29. The highest BCUT2D eigenvalue weighted by Crippen LogP contribution is 2.18. The van der Waals surface area contributed by atoms with Crippen LogP contribution in [-0.2, 0) is 0 Å². The van der Waals surface area contributed by atoms with Gasteiger partial charge in [0.05, 0.1) is 0 Å². The Labute approximate surface area is 113 Å². The molecule has 92 valence electrons. The van der Waals surface area contributed by atoms with E-state index in [9.17, 15) is 4.79 Å². The third kappa shape index (κ3) is 4.27. The summed E-state index contributed by atoms with van der Waals surface area (Å²) in [5.41, 5.74) is 6.18. The maximum absolute atomic E-state index is 11.4. The Bertz CT molecular complexity index is 438. The number of carbonyl (C=O) groups excluding carboxylic acids is 1. The van der Waals surface area contributed by atoms with E-state index in [-0.39, 0.29) is 11.0 Å². The van der Waals surface area contributed by atoms with Crippen LogP contribution in [0.3, 0.4) is 0 Å². The zero-order valence-electron chi connectivity index (χ0n) is 9.29. The molecule has 0 bridgehead atoms. The molecule has 4 N–H and O–H groups in total. The number of hydrogen-bond acceptors (Lipinski definition) is 3. The van der Waals surface area contributed by atoms with Crippen molar-refractivity contribution in [1.29, 1.82) is 0 Å². The van der Waals surface area contributed by atoms with Gasteiger partial charge in [0.15, 0.2) is 0 Å². The summed E-state index contributed by atoms with van der Waals surface area (Å²) >= 11 is 8.17. The van der Waals surface area contributed by atoms with Crippen LogP contribution in [0.25, 0.3) is 0 Å². The standard InChI is InChI=1S/C10H13BrN4OS/c1-2-3-13-10(16)15-8-4-6(9(12)17)7(11)5-14-8/h4-5H,2-3H2,1H3,(H2,12,17)(H2,13,14,15,16). The molecule has 0 atom stereocenters. The molecule has 7 heteroatoms. The first kappa shape index (κ1) is 13.9. The number of pyridine rings is 1. The predicted octanol–water partition coefficient (Wildman–Crippen LogP) is 2.01. The number of hydrogen-bond donors (Lipinski definition) is 3. The number of aromatic nitrogens is 1. The molecule has 1 aromatic heterocycles. The number of amides is 2. The Hall–Kier alpha value is -1.21. The van der Waals surface area contributed by atoms with Gasteiger partial charge in [-0.1, -0.05) is 19.1 Å².